The van der Waals surface area contributed by atoms with Crippen molar-refractivity contribution in [1.29, 1.82) is 0 Å². The van der Waals surface area contributed by atoms with Gasteiger partial charge >= 0.3 is 0 Å². The molecule has 1 saturated heterocycles. The molecule has 1 rings (SSSR count). The quantitative estimate of drug-likeness (QED) is 0.475. The minimum absolute atomic E-state index is 0.966. The van der Waals surface area contributed by atoms with Crippen LogP contribution in [-0.4, -0.2) is 37.9 Å². The summed E-state index contributed by atoms with van der Waals surface area (Å²) < 4.78 is 0. The first-order valence-corrected chi connectivity index (χ1v) is 3.10. The molecule has 1 heterocycles. The molecule has 0 radical (unpaired) electrons. The summed E-state index contributed by atoms with van der Waals surface area (Å²) in [6.45, 7) is 2.08. The number of likely N-dealkylation sites (tertiary alicyclic amines) is 1. The van der Waals surface area contributed by atoms with Gasteiger partial charge in [-0.15, -0.1) is 0 Å². The highest BCUT2D eigenvalue weighted by molar-refractivity contribution is 5.87. The number of hydrogen-bond acceptors (Lipinski definition) is 3. The molecular formula is C6H12N2O. The minimum atomic E-state index is 0.966. The molecule has 0 atom stereocenters. The summed E-state index contributed by atoms with van der Waals surface area (Å²) in [6.07, 6.45) is 1.06. The second-order valence-electron chi connectivity index (χ2n) is 2.33. The van der Waals surface area contributed by atoms with Crippen molar-refractivity contribution in [3.05, 3.63) is 0 Å². The Morgan fingerprint density at radius 1 is 1.67 bits per heavy atom. The van der Waals surface area contributed by atoms with E-state index in [1.54, 1.807) is 7.11 Å². The van der Waals surface area contributed by atoms with Crippen molar-refractivity contribution in [2.24, 2.45) is 5.16 Å². The van der Waals surface area contributed by atoms with Crippen LogP contribution in [0.3, 0.4) is 0 Å². The molecule has 0 saturated carbocycles. The molecule has 0 spiro atoms. The van der Waals surface area contributed by atoms with Gasteiger partial charge in [-0.2, -0.15) is 0 Å². The molecule has 52 valence electrons. The lowest BCUT2D eigenvalue weighted by Gasteiger charge is -2.01. The van der Waals surface area contributed by atoms with Crippen molar-refractivity contribution in [2.75, 3.05) is 27.2 Å². The maximum Gasteiger partial charge on any atom is 0.106 e. The Balaban J connectivity index is 2.38. The lowest BCUT2D eigenvalue weighted by atomic mass is 10.3. The van der Waals surface area contributed by atoms with Crippen LogP contribution in [0.25, 0.3) is 0 Å². The van der Waals surface area contributed by atoms with Crippen LogP contribution in [0.5, 0.6) is 0 Å². The van der Waals surface area contributed by atoms with Gasteiger partial charge in [0.15, 0.2) is 0 Å². The van der Waals surface area contributed by atoms with E-state index in [4.69, 9.17) is 0 Å². The maximum atomic E-state index is 4.64. The van der Waals surface area contributed by atoms with Gasteiger partial charge < -0.3 is 9.74 Å². The average Bonchev–Trinajstić information content (AvgIpc) is 2.17. The van der Waals surface area contributed by atoms with Crippen molar-refractivity contribution in [2.45, 2.75) is 6.42 Å². The van der Waals surface area contributed by atoms with Gasteiger partial charge in [-0.1, -0.05) is 5.16 Å². The Morgan fingerprint density at radius 3 is 2.89 bits per heavy atom. The molecule has 0 aliphatic carbocycles. The zero-order chi connectivity index (χ0) is 6.69. The highest BCUT2D eigenvalue weighted by Crippen LogP contribution is 2.01. The molecular weight excluding hydrogens is 116 g/mol. The summed E-state index contributed by atoms with van der Waals surface area (Å²) >= 11 is 0. The second kappa shape index (κ2) is 2.82. The van der Waals surface area contributed by atoms with E-state index in [-0.39, 0.29) is 0 Å². The van der Waals surface area contributed by atoms with E-state index in [2.05, 4.69) is 21.9 Å². The summed E-state index contributed by atoms with van der Waals surface area (Å²) in [5, 5.41) is 3.85. The molecule has 0 unspecified atom stereocenters. The Kier molecular flexibility index (Phi) is 2.05. The molecule has 9 heavy (non-hydrogen) atoms. The standard InChI is InChI=1S/C6H12N2O/c1-8-4-3-6(5-8)7-9-2/h3-5H2,1-2H3/b7-6+. The molecule has 1 fully saturated rings. The Hall–Kier alpha value is -0.570. The second-order valence-corrected chi connectivity index (χ2v) is 2.33. The average molecular weight is 128 g/mol. The predicted molar refractivity (Wildman–Crippen MR) is 36.6 cm³/mol. The van der Waals surface area contributed by atoms with Crippen LogP contribution in [0.15, 0.2) is 5.16 Å². The number of hydrogen-bond donors (Lipinski definition) is 0. The first-order chi connectivity index (χ1) is 4.33. The third-order valence-corrected chi connectivity index (χ3v) is 1.45. The molecule has 0 bridgehead atoms. The van der Waals surface area contributed by atoms with E-state index < -0.39 is 0 Å². The molecule has 0 aromatic heterocycles. The zero-order valence-electron chi connectivity index (χ0n) is 5.92. The van der Waals surface area contributed by atoms with Gasteiger partial charge in [0.25, 0.3) is 0 Å². The predicted octanol–water partition coefficient (Wildman–Crippen LogP) is 0.324. The fourth-order valence-corrected chi connectivity index (χ4v) is 0.993. The van der Waals surface area contributed by atoms with E-state index in [0.29, 0.717) is 0 Å². The molecule has 0 amide bonds. The molecule has 1 aliphatic rings. The van der Waals surface area contributed by atoms with Crippen molar-refractivity contribution < 1.29 is 4.84 Å². The summed E-state index contributed by atoms with van der Waals surface area (Å²) in [4.78, 5) is 6.86. The highest BCUT2D eigenvalue weighted by Gasteiger charge is 2.13. The topological polar surface area (TPSA) is 24.8 Å². The van der Waals surface area contributed by atoms with Gasteiger partial charge in [0.2, 0.25) is 0 Å². The Morgan fingerprint density at radius 2 is 2.44 bits per heavy atom. The van der Waals surface area contributed by atoms with Crippen molar-refractivity contribution in [3.8, 4) is 0 Å². The van der Waals surface area contributed by atoms with Gasteiger partial charge in [-0.3, -0.25) is 0 Å². The first kappa shape index (κ1) is 6.55. The van der Waals surface area contributed by atoms with E-state index in [0.717, 1.165) is 25.2 Å². The van der Waals surface area contributed by atoms with E-state index in [9.17, 15) is 0 Å². The zero-order valence-corrected chi connectivity index (χ0v) is 5.92. The van der Waals surface area contributed by atoms with Gasteiger partial charge in [-0.25, -0.2) is 0 Å². The Bertz CT molecular complexity index is 122. The van der Waals surface area contributed by atoms with Crippen LogP contribution >= 0.6 is 0 Å². The van der Waals surface area contributed by atoms with E-state index in [1.165, 1.54) is 0 Å². The number of nitrogens with zero attached hydrogens (tertiary/aromatic N) is 2. The van der Waals surface area contributed by atoms with E-state index >= 15 is 0 Å². The van der Waals surface area contributed by atoms with E-state index in [1.807, 2.05) is 0 Å². The SMILES string of the molecule is CO/N=C1\CCN(C)C1. The molecule has 3 nitrogen and oxygen atoms in total. The normalized spacial score (nSPS) is 25.3. The molecule has 3 heteroatoms. The van der Waals surface area contributed by atoms with Gasteiger partial charge in [0.1, 0.15) is 7.11 Å². The van der Waals surface area contributed by atoms with Crippen LogP contribution < -0.4 is 0 Å². The van der Waals surface area contributed by atoms with Crippen LogP contribution in [0.1, 0.15) is 6.42 Å². The summed E-state index contributed by atoms with van der Waals surface area (Å²) in [5.41, 5.74) is 1.15. The lowest BCUT2D eigenvalue weighted by molar-refractivity contribution is 0.212. The summed E-state index contributed by atoms with van der Waals surface area (Å²) in [5.74, 6) is 0. The summed E-state index contributed by atoms with van der Waals surface area (Å²) in [7, 11) is 3.67. The maximum absolute atomic E-state index is 4.64. The molecule has 0 aromatic rings. The largest absolute Gasteiger partial charge is 0.399 e. The minimum Gasteiger partial charge on any atom is -0.399 e. The van der Waals surface area contributed by atoms with Crippen molar-refractivity contribution in [3.63, 3.8) is 0 Å². The fourth-order valence-electron chi connectivity index (χ4n) is 0.993. The molecule has 0 aromatic carbocycles. The Labute approximate surface area is 55.3 Å². The third-order valence-electron chi connectivity index (χ3n) is 1.45. The number of oxime groups is 1. The molecule has 0 N–H and O–H groups in total. The molecule has 1 aliphatic heterocycles. The smallest absolute Gasteiger partial charge is 0.106 e. The van der Waals surface area contributed by atoms with Gasteiger partial charge in [-0.05, 0) is 7.05 Å². The van der Waals surface area contributed by atoms with Crippen LogP contribution in [0.2, 0.25) is 0 Å². The number of rotatable bonds is 1. The van der Waals surface area contributed by atoms with Gasteiger partial charge in [0.05, 0.1) is 5.71 Å². The monoisotopic (exact) mass is 128 g/mol. The van der Waals surface area contributed by atoms with Crippen molar-refractivity contribution in [1.82, 2.24) is 4.90 Å². The third kappa shape index (κ3) is 1.68. The summed E-state index contributed by atoms with van der Waals surface area (Å²) in [6, 6.07) is 0. The highest BCUT2D eigenvalue weighted by atomic mass is 16.6. The van der Waals surface area contributed by atoms with Gasteiger partial charge in [0, 0.05) is 19.5 Å². The van der Waals surface area contributed by atoms with Crippen LogP contribution in [0.4, 0.5) is 0 Å². The van der Waals surface area contributed by atoms with Crippen LogP contribution in [-0.2, 0) is 4.84 Å². The van der Waals surface area contributed by atoms with Crippen molar-refractivity contribution >= 4 is 5.71 Å². The first-order valence-electron chi connectivity index (χ1n) is 3.10. The van der Waals surface area contributed by atoms with Crippen LogP contribution in [0, 0.1) is 0 Å². The lowest BCUT2D eigenvalue weighted by Crippen LogP contribution is -2.13. The fraction of sp³-hybridized carbons (Fsp3) is 0.833.